The summed E-state index contributed by atoms with van der Waals surface area (Å²) in [5.41, 5.74) is 2.11. The van der Waals surface area contributed by atoms with E-state index < -0.39 is 19.5 Å². The third kappa shape index (κ3) is 4.31. The van der Waals surface area contributed by atoms with Crippen molar-refractivity contribution < 1.29 is 33.0 Å². The van der Waals surface area contributed by atoms with Gasteiger partial charge in [0.15, 0.2) is 12.1 Å². The smallest absolute Gasteiger partial charge is 0.412 e. The van der Waals surface area contributed by atoms with Gasteiger partial charge < -0.3 is 23.6 Å². The third-order valence-electron chi connectivity index (χ3n) is 4.61. The lowest BCUT2D eigenvalue weighted by Gasteiger charge is -2.37. The summed E-state index contributed by atoms with van der Waals surface area (Å²) in [6.07, 6.45) is 1.40. The van der Waals surface area contributed by atoms with Crippen molar-refractivity contribution in [3.05, 3.63) is 35.9 Å². The highest BCUT2D eigenvalue weighted by Gasteiger charge is 2.44. The van der Waals surface area contributed by atoms with E-state index >= 15 is 0 Å². The summed E-state index contributed by atoms with van der Waals surface area (Å²) in [5.74, 6) is -1.06. The van der Waals surface area contributed by atoms with E-state index in [0.717, 1.165) is 16.0 Å². The molecular weight excluding hydrogens is 385 g/mol. The number of fused-ring (bicyclic) bond motifs is 1. The Morgan fingerprint density at radius 1 is 1.21 bits per heavy atom. The van der Waals surface area contributed by atoms with E-state index in [1.807, 2.05) is 12.1 Å². The van der Waals surface area contributed by atoms with E-state index in [2.05, 4.69) is 0 Å². The Balaban J connectivity index is 2.01. The van der Waals surface area contributed by atoms with Gasteiger partial charge in [-0.2, -0.15) is 0 Å². The second-order valence-corrected chi connectivity index (χ2v) is 8.49. The van der Waals surface area contributed by atoms with Gasteiger partial charge in [0.25, 0.3) is 0 Å². The molecule has 1 N–H and O–H groups in total. The van der Waals surface area contributed by atoms with E-state index in [-0.39, 0.29) is 19.5 Å². The van der Waals surface area contributed by atoms with Crippen LogP contribution in [-0.4, -0.2) is 49.7 Å². The molecule has 1 saturated heterocycles. The number of carbonyl (C=O) groups is 1. The number of carboxylic acid groups (broad SMARTS) is 1. The largest absolute Gasteiger partial charge is 0.465 e. The Morgan fingerprint density at radius 3 is 2.46 bits per heavy atom. The van der Waals surface area contributed by atoms with Gasteiger partial charge in [-0.1, -0.05) is 18.2 Å². The van der Waals surface area contributed by atoms with Crippen LogP contribution in [0.15, 0.2) is 30.3 Å². The first kappa shape index (κ1) is 21.0. The zero-order valence-electron chi connectivity index (χ0n) is 16.1. The minimum atomic E-state index is -3.74. The molecule has 8 nitrogen and oxygen atoms in total. The number of para-hydroxylation sites is 1. The first-order chi connectivity index (χ1) is 13.5. The van der Waals surface area contributed by atoms with Gasteiger partial charge in [-0.25, -0.2) is 4.79 Å². The van der Waals surface area contributed by atoms with E-state index in [0.29, 0.717) is 31.7 Å². The Morgan fingerprint density at radius 2 is 1.86 bits per heavy atom. The molecule has 28 heavy (non-hydrogen) atoms. The number of ether oxygens (including phenoxy) is 2. The minimum Gasteiger partial charge on any atom is -0.465 e. The molecule has 0 radical (unpaired) electrons. The normalized spacial score (nSPS) is 20.1. The van der Waals surface area contributed by atoms with Crippen LogP contribution in [0.25, 0.3) is 5.57 Å². The lowest BCUT2D eigenvalue weighted by Crippen LogP contribution is -2.41. The maximum atomic E-state index is 13.5. The monoisotopic (exact) mass is 411 g/mol. The number of allylic oxidation sites excluding steroid dienone is 1. The first-order valence-electron chi connectivity index (χ1n) is 9.44. The second kappa shape index (κ2) is 9.20. The van der Waals surface area contributed by atoms with Gasteiger partial charge in [0.2, 0.25) is 0 Å². The summed E-state index contributed by atoms with van der Waals surface area (Å²) in [4.78, 5) is 13.2. The Hall–Kier alpha value is -1.70. The van der Waals surface area contributed by atoms with Crippen molar-refractivity contribution in [1.82, 2.24) is 0 Å². The summed E-state index contributed by atoms with van der Waals surface area (Å²) >= 11 is 0. The highest BCUT2D eigenvalue weighted by Crippen LogP contribution is 2.58. The number of anilines is 1. The Bertz CT molecular complexity index is 765. The van der Waals surface area contributed by atoms with Gasteiger partial charge in [-0.15, -0.1) is 0 Å². The molecule has 1 fully saturated rings. The van der Waals surface area contributed by atoms with Gasteiger partial charge >= 0.3 is 13.7 Å². The van der Waals surface area contributed by atoms with Gasteiger partial charge in [0, 0.05) is 12.0 Å². The standard InChI is InChI=1S/C19H26NO7P/c1-3-26-28(23,27-4-2)17-13-14(9-10-18-24-11-12-25-18)15-7-5-6-8-16(15)20(17)19(21)22/h5-8,13,17-18H,3-4,9-12H2,1-2H3,(H,21,22). The van der Waals surface area contributed by atoms with Crippen LogP contribution in [0, 0.1) is 0 Å². The average molecular weight is 411 g/mol. The fourth-order valence-corrected chi connectivity index (χ4v) is 5.47. The number of benzene rings is 1. The van der Waals surface area contributed by atoms with Crippen LogP contribution in [0.4, 0.5) is 10.5 Å². The zero-order chi connectivity index (χ0) is 20.1. The molecule has 0 aliphatic carbocycles. The maximum Gasteiger partial charge on any atom is 0.412 e. The molecule has 2 aliphatic rings. The molecule has 0 spiro atoms. The molecule has 0 aromatic heterocycles. The van der Waals surface area contributed by atoms with Crippen molar-refractivity contribution in [1.29, 1.82) is 0 Å². The number of hydrogen-bond donors (Lipinski definition) is 1. The van der Waals surface area contributed by atoms with Crippen molar-refractivity contribution in [2.75, 3.05) is 31.3 Å². The lowest BCUT2D eigenvalue weighted by atomic mass is 9.95. The highest BCUT2D eigenvalue weighted by atomic mass is 31.2. The van der Waals surface area contributed by atoms with Gasteiger partial charge in [0.05, 0.1) is 32.1 Å². The molecule has 1 unspecified atom stereocenters. The van der Waals surface area contributed by atoms with E-state index in [9.17, 15) is 14.5 Å². The number of rotatable bonds is 8. The first-order valence-corrected chi connectivity index (χ1v) is 11.1. The summed E-state index contributed by atoms with van der Waals surface area (Å²) in [6, 6.07) is 7.16. The van der Waals surface area contributed by atoms with Crippen LogP contribution >= 0.6 is 7.60 Å². The van der Waals surface area contributed by atoms with Crippen molar-refractivity contribution in [2.24, 2.45) is 0 Å². The van der Waals surface area contributed by atoms with Crippen LogP contribution in [-0.2, 0) is 23.1 Å². The molecule has 9 heteroatoms. The number of nitrogens with zero attached hydrogens (tertiary/aromatic N) is 1. The molecule has 0 saturated carbocycles. The summed E-state index contributed by atoms with van der Waals surface area (Å²) in [5, 5.41) is 9.87. The SMILES string of the molecule is CCOP(=O)(OCC)C1C=C(CCC2OCCO2)c2ccccc2N1C(=O)O. The molecule has 2 heterocycles. The Kier molecular flexibility index (Phi) is 6.91. The average Bonchev–Trinajstić information content (AvgIpc) is 3.19. The zero-order valence-corrected chi connectivity index (χ0v) is 17.0. The number of amides is 1. The Labute approximate surface area is 164 Å². The van der Waals surface area contributed by atoms with Crippen LogP contribution < -0.4 is 4.90 Å². The number of hydrogen-bond acceptors (Lipinski definition) is 6. The molecule has 2 aliphatic heterocycles. The second-order valence-electron chi connectivity index (χ2n) is 6.36. The van der Waals surface area contributed by atoms with E-state index in [1.54, 1.807) is 32.1 Å². The van der Waals surface area contributed by atoms with Crippen molar-refractivity contribution >= 4 is 24.9 Å². The highest BCUT2D eigenvalue weighted by molar-refractivity contribution is 7.55. The van der Waals surface area contributed by atoms with E-state index in [4.69, 9.17) is 18.5 Å². The summed E-state index contributed by atoms with van der Waals surface area (Å²) in [7, 11) is -3.74. The molecule has 1 aromatic rings. The van der Waals surface area contributed by atoms with Crippen molar-refractivity contribution in [3.63, 3.8) is 0 Å². The molecule has 1 amide bonds. The summed E-state index contributed by atoms with van der Waals surface area (Å²) < 4.78 is 35.4. The quantitative estimate of drug-likeness (QED) is 0.637. The molecule has 154 valence electrons. The fraction of sp³-hybridized carbons (Fsp3) is 0.526. The van der Waals surface area contributed by atoms with E-state index in [1.165, 1.54) is 0 Å². The topological polar surface area (TPSA) is 94.5 Å². The van der Waals surface area contributed by atoms with Crippen LogP contribution in [0.5, 0.6) is 0 Å². The van der Waals surface area contributed by atoms with Gasteiger partial charge in [-0.05, 0) is 38.0 Å². The third-order valence-corrected chi connectivity index (χ3v) is 6.88. The predicted molar refractivity (Wildman–Crippen MR) is 104 cm³/mol. The maximum absolute atomic E-state index is 13.5. The lowest BCUT2D eigenvalue weighted by molar-refractivity contribution is -0.0453. The fourth-order valence-electron chi connectivity index (χ4n) is 3.51. The van der Waals surface area contributed by atoms with Crippen molar-refractivity contribution in [2.45, 2.75) is 38.8 Å². The molecule has 1 atom stereocenters. The molecule has 0 bridgehead atoms. The minimum absolute atomic E-state index is 0.149. The van der Waals surface area contributed by atoms with Gasteiger partial charge in [0.1, 0.15) is 0 Å². The molecule has 1 aromatic carbocycles. The van der Waals surface area contributed by atoms with Crippen molar-refractivity contribution in [3.8, 4) is 0 Å². The molecular formula is C19H26NO7P. The van der Waals surface area contributed by atoms with Crippen LogP contribution in [0.3, 0.4) is 0 Å². The predicted octanol–water partition coefficient (Wildman–Crippen LogP) is 4.31. The summed E-state index contributed by atoms with van der Waals surface area (Å²) in [6.45, 7) is 4.84. The molecule has 3 rings (SSSR count). The van der Waals surface area contributed by atoms with Crippen LogP contribution in [0.2, 0.25) is 0 Å². The van der Waals surface area contributed by atoms with Crippen LogP contribution in [0.1, 0.15) is 32.3 Å². The van der Waals surface area contributed by atoms with Gasteiger partial charge in [-0.3, -0.25) is 9.46 Å².